The van der Waals surface area contributed by atoms with Gasteiger partial charge in [0.15, 0.2) is 0 Å². The molecule has 0 saturated carbocycles. The first kappa shape index (κ1) is 20.2. The van der Waals surface area contributed by atoms with E-state index < -0.39 is 5.97 Å². The van der Waals surface area contributed by atoms with Crippen LogP contribution in [0.5, 0.6) is 0 Å². The van der Waals surface area contributed by atoms with E-state index in [1.165, 1.54) is 7.11 Å². The van der Waals surface area contributed by atoms with E-state index in [2.05, 4.69) is 19.2 Å². The quantitative estimate of drug-likeness (QED) is 0.597. The van der Waals surface area contributed by atoms with Crippen molar-refractivity contribution in [1.82, 2.24) is 5.32 Å². The Kier molecular flexibility index (Phi) is 7.13. The third-order valence-electron chi connectivity index (χ3n) is 4.30. The molecule has 2 aromatic rings. The van der Waals surface area contributed by atoms with Gasteiger partial charge in [-0.25, -0.2) is 4.79 Å². The largest absolute Gasteiger partial charge is 0.465 e. The Balaban J connectivity index is 2.45. The van der Waals surface area contributed by atoms with Crippen molar-refractivity contribution in [3.8, 4) is 17.2 Å². The molecule has 0 radical (unpaired) electrons. The summed E-state index contributed by atoms with van der Waals surface area (Å²) in [5, 5.41) is 11.4. The second-order valence-electron chi connectivity index (χ2n) is 6.72. The van der Waals surface area contributed by atoms with E-state index in [-0.39, 0.29) is 18.4 Å². The van der Waals surface area contributed by atoms with E-state index in [0.717, 1.165) is 16.7 Å². The maximum Gasteiger partial charge on any atom is 0.338 e. The molecule has 0 aromatic heterocycles. The van der Waals surface area contributed by atoms with Crippen LogP contribution in [0.2, 0.25) is 0 Å². The van der Waals surface area contributed by atoms with Crippen molar-refractivity contribution >= 4 is 11.9 Å². The number of benzene rings is 2. The van der Waals surface area contributed by atoms with E-state index in [9.17, 15) is 9.59 Å². The van der Waals surface area contributed by atoms with Crippen LogP contribution in [-0.2, 0) is 9.53 Å². The number of esters is 1. The zero-order valence-corrected chi connectivity index (χ0v) is 15.9. The van der Waals surface area contributed by atoms with Crippen LogP contribution in [0.4, 0.5) is 0 Å². The van der Waals surface area contributed by atoms with Crippen LogP contribution in [0.15, 0.2) is 48.5 Å². The molecule has 2 rings (SSSR count). The average molecular weight is 364 g/mol. The SMILES string of the molecule is COC(=O)c1ccccc1-c1cccc(C(CC(C)C)C(=O)NCC#N)c1. The molecule has 1 unspecified atom stereocenters. The van der Waals surface area contributed by atoms with Gasteiger partial charge in [0.1, 0.15) is 6.54 Å². The van der Waals surface area contributed by atoms with Crippen LogP contribution in [0, 0.1) is 17.2 Å². The molecule has 2 aromatic carbocycles. The minimum Gasteiger partial charge on any atom is -0.465 e. The maximum absolute atomic E-state index is 12.6. The Labute approximate surface area is 160 Å². The topological polar surface area (TPSA) is 79.2 Å². The Morgan fingerprint density at radius 2 is 1.89 bits per heavy atom. The lowest BCUT2D eigenvalue weighted by molar-refractivity contribution is -0.122. The zero-order chi connectivity index (χ0) is 19.8. The van der Waals surface area contributed by atoms with Gasteiger partial charge in [-0.15, -0.1) is 0 Å². The van der Waals surface area contributed by atoms with Gasteiger partial charge >= 0.3 is 5.97 Å². The van der Waals surface area contributed by atoms with Crippen molar-refractivity contribution in [2.75, 3.05) is 13.7 Å². The van der Waals surface area contributed by atoms with E-state index in [4.69, 9.17) is 10.00 Å². The summed E-state index contributed by atoms with van der Waals surface area (Å²) in [6.45, 7) is 4.10. The van der Waals surface area contributed by atoms with Crippen LogP contribution in [0.3, 0.4) is 0 Å². The molecule has 0 fully saturated rings. The summed E-state index contributed by atoms with van der Waals surface area (Å²) in [6.07, 6.45) is 0.666. The highest BCUT2D eigenvalue weighted by molar-refractivity contribution is 5.97. The van der Waals surface area contributed by atoms with Gasteiger partial charge in [-0.3, -0.25) is 4.79 Å². The number of hydrogen-bond acceptors (Lipinski definition) is 4. The number of ether oxygens (including phenoxy) is 1. The fourth-order valence-electron chi connectivity index (χ4n) is 3.06. The molecule has 27 heavy (non-hydrogen) atoms. The molecule has 5 heteroatoms. The van der Waals surface area contributed by atoms with E-state index in [1.54, 1.807) is 12.1 Å². The van der Waals surface area contributed by atoms with Crippen molar-refractivity contribution in [1.29, 1.82) is 5.26 Å². The molecule has 0 aliphatic heterocycles. The Hall–Kier alpha value is -3.13. The molecule has 0 bridgehead atoms. The highest BCUT2D eigenvalue weighted by Crippen LogP contribution is 2.30. The predicted octanol–water partition coefficient (Wildman–Crippen LogP) is 3.91. The monoisotopic (exact) mass is 364 g/mol. The lowest BCUT2D eigenvalue weighted by atomic mass is 9.87. The summed E-state index contributed by atoms with van der Waals surface area (Å²) in [7, 11) is 1.35. The van der Waals surface area contributed by atoms with E-state index >= 15 is 0 Å². The van der Waals surface area contributed by atoms with Crippen molar-refractivity contribution in [3.05, 3.63) is 59.7 Å². The normalized spacial score (nSPS) is 11.5. The summed E-state index contributed by atoms with van der Waals surface area (Å²) >= 11 is 0. The van der Waals surface area contributed by atoms with Gasteiger partial charge in [0.25, 0.3) is 0 Å². The molecule has 1 N–H and O–H groups in total. The number of nitrogens with zero attached hydrogens (tertiary/aromatic N) is 1. The molecule has 140 valence electrons. The van der Waals surface area contributed by atoms with Crippen molar-refractivity contribution in [2.24, 2.45) is 5.92 Å². The first-order valence-corrected chi connectivity index (χ1v) is 8.90. The minimum absolute atomic E-state index is 0.0156. The lowest BCUT2D eigenvalue weighted by Crippen LogP contribution is -2.30. The summed E-state index contributed by atoms with van der Waals surface area (Å²) < 4.78 is 4.88. The summed E-state index contributed by atoms with van der Waals surface area (Å²) in [6, 6.07) is 16.8. The molecule has 0 aliphatic carbocycles. The fourth-order valence-corrected chi connectivity index (χ4v) is 3.06. The Morgan fingerprint density at radius 1 is 1.15 bits per heavy atom. The first-order valence-electron chi connectivity index (χ1n) is 8.90. The molecule has 0 heterocycles. The standard InChI is InChI=1S/C22H24N2O3/c1-15(2)13-20(21(25)24-12-11-23)17-8-6-7-16(14-17)18-9-4-5-10-19(18)22(26)27-3/h4-10,14-15,20H,12-13H2,1-3H3,(H,24,25). The Bertz CT molecular complexity index is 853. The number of nitrogens with one attached hydrogen (secondary N) is 1. The van der Waals surface area contributed by atoms with Gasteiger partial charge in [-0.2, -0.15) is 5.26 Å². The molecular weight excluding hydrogens is 340 g/mol. The number of carbonyl (C=O) groups is 2. The first-order chi connectivity index (χ1) is 13.0. The van der Waals surface area contributed by atoms with Crippen molar-refractivity contribution in [3.63, 3.8) is 0 Å². The summed E-state index contributed by atoms with van der Waals surface area (Å²) in [4.78, 5) is 24.7. The summed E-state index contributed by atoms with van der Waals surface area (Å²) in [5.41, 5.74) is 2.94. The lowest BCUT2D eigenvalue weighted by Gasteiger charge is -2.19. The van der Waals surface area contributed by atoms with Crippen LogP contribution < -0.4 is 5.32 Å². The number of rotatable bonds is 7. The molecule has 0 aliphatic rings. The number of amides is 1. The molecule has 0 saturated heterocycles. The van der Waals surface area contributed by atoms with Gasteiger partial charge in [0.05, 0.1) is 24.7 Å². The van der Waals surface area contributed by atoms with Gasteiger partial charge in [-0.1, -0.05) is 56.3 Å². The highest BCUT2D eigenvalue weighted by Gasteiger charge is 2.22. The number of methoxy groups -OCH3 is 1. The molecular formula is C22H24N2O3. The predicted molar refractivity (Wildman–Crippen MR) is 104 cm³/mol. The van der Waals surface area contributed by atoms with E-state index in [0.29, 0.717) is 17.9 Å². The van der Waals surface area contributed by atoms with Crippen LogP contribution in [0.25, 0.3) is 11.1 Å². The molecule has 0 spiro atoms. The third kappa shape index (κ3) is 5.18. The van der Waals surface area contributed by atoms with Crippen LogP contribution in [0.1, 0.15) is 42.1 Å². The summed E-state index contributed by atoms with van der Waals surface area (Å²) in [5.74, 6) is -0.609. The smallest absolute Gasteiger partial charge is 0.338 e. The second kappa shape index (κ2) is 9.54. The molecule has 1 atom stereocenters. The average Bonchev–Trinajstić information content (AvgIpc) is 2.69. The zero-order valence-electron chi connectivity index (χ0n) is 15.9. The van der Waals surface area contributed by atoms with Crippen molar-refractivity contribution < 1.29 is 14.3 Å². The fraction of sp³-hybridized carbons (Fsp3) is 0.318. The third-order valence-corrected chi connectivity index (χ3v) is 4.30. The Morgan fingerprint density at radius 3 is 2.56 bits per heavy atom. The number of hydrogen-bond donors (Lipinski definition) is 1. The number of carbonyl (C=O) groups excluding carboxylic acids is 2. The van der Waals surface area contributed by atoms with Crippen LogP contribution in [-0.4, -0.2) is 25.5 Å². The van der Waals surface area contributed by atoms with Gasteiger partial charge in [0, 0.05) is 0 Å². The number of nitriles is 1. The molecule has 5 nitrogen and oxygen atoms in total. The highest BCUT2D eigenvalue weighted by atomic mass is 16.5. The van der Waals surface area contributed by atoms with Crippen LogP contribution >= 0.6 is 0 Å². The second-order valence-corrected chi connectivity index (χ2v) is 6.72. The minimum atomic E-state index is -0.401. The van der Waals surface area contributed by atoms with Gasteiger partial charge < -0.3 is 10.1 Å². The van der Waals surface area contributed by atoms with E-state index in [1.807, 2.05) is 42.5 Å². The molecule has 1 amide bonds. The van der Waals surface area contributed by atoms with Gasteiger partial charge in [-0.05, 0) is 35.1 Å². The van der Waals surface area contributed by atoms with Crippen molar-refractivity contribution in [2.45, 2.75) is 26.2 Å². The maximum atomic E-state index is 12.6. The van der Waals surface area contributed by atoms with Gasteiger partial charge in [0.2, 0.25) is 5.91 Å².